The van der Waals surface area contributed by atoms with Gasteiger partial charge in [0, 0.05) is 17.6 Å². The summed E-state index contributed by atoms with van der Waals surface area (Å²) in [5.74, 6) is 0.188. The number of sulfonamides is 1. The van der Waals surface area contributed by atoms with Crippen molar-refractivity contribution in [3.63, 3.8) is 0 Å². The monoisotopic (exact) mass is 391 g/mol. The molecular weight excluding hydrogens is 366 g/mol. The summed E-state index contributed by atoms with van der Waals surface area (Å²) in [6.07, 6.45) is 2.72. The van der Waals surface area contributed by atoms with Crippen LogP contribution in [0.4, 0.5) is 11.4 Å². The van der Waals surface area contributed by atoms with Crippen LogP contribution in [0.3, 0.4) is 0 Å². The van der Waals surface area contributed by atoms with Crippen molar-refractivity contribution in [2.24, 2.45) is 0 Å². The Bertz CT molecular complexity index is 987. The van der Waals surface area contributed by atoms with Crippen LogP contribution in [0.2, 0.25) is 0 Å². The minimum Gasteiger partial charge on any atom is -0.361 e. The SMILES string of the molecule is Cc1onc(C(C)(C)C)c1C(=O)Nc1ccc2c(c1)CCCN2S(C)(=O)=O. The summed E-state index contributed by atoms with van der Waals surface area (Å²) in [6.45, 7) is 8.11. The van der Waals surface area contributed by atoms with Crippen molar-refractivity contribution < 1.29 is 17.7 Å². The number of carbonyl (C=O) groups is 1. The fourth-order valence-electron chi connectivity index (χ4n) is 3.33. The van der Waals surface area contributed by atoms with Crippen LogP contribution < -0.4 is 9.62 Å². The molecule has 0 bridgehead atoms. The van der Waals surface area contributed by atoms with E-state index in [4.69, 9.17) is 4.52 Å². The molecule has 0 radical (unpaired) electrons. The molecule has 2 heterocycles. The quantitative estimate of drug-likeness (QED) is 0.867. The minimum absolute atomic E-state index is 0.283. The van der Waals surface area contributed by atoms with Gasteiger partial charge >= 0.3 is 0 Å². The number of anilines is 2. The highest BCUT2D eigenvalue weighted by Crippen LogP contribution is 2.32. The van der Waals surface area contributed by atoms with Crippen molar-refractivity contribution in [3.05, 3.63) is 40.8 Å². The Kier molecular flexibility index (Phi) is 4.80. The van der Waals surface area contributed by atoms with Crippen LogP contribution in [0.25, 0.3) is 0 Å². The number of carbonyl (C=O) groups excluding carboxylic acids is 1. The molecule has 0 atom stereocenters. The molecule has 1 aromatic heterocycles. The Labute approximate surface area is 159 Å². The molecule has 1 amide bonds. The van der Waals surface area contributed by atoms with E-state index < -0.39 is 10.0 Å². The second kappa shape index (κ2) is 6.67. The Morgan fingerprint density at radius 2 is 2.00 bits per heavy atom. The molecule has 1 aromatic carbocycles. The van der Waals surface area contributed by atoms with Gasteiger partial charge in [0.25, 0.3) is 5.91 Å². The van der Waals surface area contributed by atoms with Gasteiger partial charge in [-0.05, 0) is 43.5 Å². The zero-order chi connectivity index (χ0) is 20.0. The third-order valence-electron chi connectivity index (χ3n) is 4.61. The molecule has 1 aliphatic heterocycles. The second-order valence-corrected chi connectivity index (χ2v) is 9.86. The van der Waals surface area contributed by atoms with E-state index in [9.17, 15) is 13.2 Å². The van der Waals surface area contributed by atoms with Crippen LogP contribution in [-0.4, -0.2) is 32.3 Å². The lowest BCUT2D eigenvalue weighted by atomic mass is 9.88. The molecule has 8 heteroatoms. The van der Waals surface area contributed by atoms with E-state index in [-0.39, 0.29) is 11.3 Å². The Morgan fingerprint density at radius 1 is 1.30 bits per heavy atom. The number of hydrogen-bond donors (Lipinski definition) is 1. The molecule has 1 N–H and O–H groups in total. The van der Waals surface area contributed by atoms with E-state index in [2.05, 4.69) is 10.5 Å². The normalized spacial score (nSPS) is 14.8. The van der Waals surface area contributed by atoms with E-state index in [0.717, 1.165) is 18.4 Å². The molecule has 0 spiro atoms. The standard InChI is InChI=1S/C19H25N3O4S/c1-12-16(17(21-26-12)19(2,3)4)18(23)20-14-8-9-15-13(11-14)7-6-10-22(15)27(5,24)25/h8-9,11H,6-7,10H2,1-5H3,(H,20,23). The Balaban J connectivity index is 1.90. The lowest BCUT2D eigenvalue weighted by molar-refractivity contribution is 0.102. The number of nitrogens with one attached hydrogen (secondary N) is 1. The average molecular weight is 391 g/mol. The van der Waals surface area contributed by atoms with Crippen molar-refractivity contribution >= 4 is 27.3 Å². The van der Waals surface area contributed by atoms with Gasteiger partial charge in [0.2, 0.25) is 10.0 Å². The fraction of sp³-hybridized carbons (Fsp3) is 0.474. The highest BCUT2D eigenvalue weighted by Gasteiger charge is 2.29. The van der Waals surface area contributed by atoms with Crippen LogP contribution in [-0.2, 0) is 21.9 Å². The molecule has 1 aliphatic rings. The van der Waals surface area contributed by atoms with Gasteiger partial charge in [-0.1, -0.05) is 25.9 Å². The number of benzene rings is 1. The maximum atomic E-state index is 12.8. The Morgan fingerprint density at radius 3 is 2.63 bits per heavy atom. The van der Waals surface area contributed by atoms with Crippen LogP contribution >= 0.6 is 0 Å². The molecular formula is C19H25N3O4S. The molecule has 146 valence electrons. The van der Waals surface area contributed by atoms with E-state index in [1.165, 1.54) is 10.6 Å². The summed E-state index contributed by atoms with van der Waals surface area (Å²) in [6, 6.07) is 5.31. The molecule has 2 aromatic rings. The first-order valence-corrected chi connectivity index (χ1v) is 10.7. The predicted molar refractivity (Wildman–Crippen MR) is 105 cm³/mol. The van der Waals surface area contributed by atoms with Crippen LogP contribution in [0, 0.1) is 6.92 Å². The highest BCUT2D eigenvalue weighted by molar-refractivity contribution is 7.92. The van der Waals surface area contributed by atoms with Gasteiger partial charge in [-0.25, -0.2) is 8.42 Å². The summed E-state index contributed by atoms with van der Waals surface area (Å²) in [5, 5.41) is 6.94. The van der Waals surface area contributed by atoms with Gasteiger partial charge in [0.05, 0.1) is 11.9 Å². The van der Waals surface area contributed by atoms with Crippen LogP contribution in [0.5, 0.6) is 0 Å². The molecule has 3 rings (SSSR count). The first-order chi connectivity index (χ1) is 12.5. The minimum atomic E-state index is -3.31. The second-order valence-electron chi connectivity index (χ2n) is 7.95. The van der Waals surface area contributed by atoms with E-state index in [1.807, 2.05) is 26.8 Å². The zero-order valence-electron chi connectivity index (χ0n) is 16.3. The van der Waals surface area contributed by atoms with Gasteiger partial charge in [0.15, 0.2) is 0 Å². The third-order valence-corrected chi connectivity index (χ3v) is 5.79. The maximum absolute atomic E-state index is 12.8. The maximum Gasteiger partial charge on any atom is 0.261 e. The number of amides is 1. The number of rotatable bonds is 3. The van der Waals surface area contributed by atoms with Gasteiger partial charge in [0.1, 0.15) is 17.0 Å². The van der Waals surface area contributed by atoms with E-state index >= 15 is 0 Å². The first-order valence-electron chi connectivity index (χ1n) is 8.87. The highest BCUT2D eigenvalue weighted by atomic mass is 32.2. The molecule has 27 heavy (non-hydrogen) atoms. The van der Waals surface area contributed by atoms with Crippen molar-refractivity contribution in [1.29, 1.82) is 0 Å². The van der Waals surface area contributed by atoms with Gasteiger partial charge in [-0.2, -0.15) is 0 Å². The van der Waals surface area contributed by atoms with Crippen LogP contribution in [0.15, 0.2) is 22.7 Å². The largest absolute Gasteiger partial charge is 0.361 e. The number of fused-ring (bicyclic) bond motifs is 1. The summed E-state index contributed by atoms with van der Waals surface area (Å²) in [7, 11) is -3.31. The van der Waals surface area contributed by atoms with Crippen molar-refractivity contribution in [1.82, 2.24) is 5.16 Å². The zero-order valence-corrected chi connectivity index (χ0v) is 17.1. The molecule has 0 unspecified atom stereocenters. The molecule has 0 saturated carbocycles. The number of hydrogen-bond acceptors (Lipinski definition) is 5. The Hall–Kier alpha value is -2.35. The predicted octanol–water partition coefficient (Wildman–Crippen LogP) is 3.25. The molecule has 7 nitrogen and oxygen atoms in total. The van der Waals surface area contributed by atoms with Crippen LogP contribution in [0.1, 0.15) is 54.6 Å². The lowest BCUT2D eigenvalue weighted by Crippen LogP contribution is -2.34. The smallest absolute Gasteiger partial charge is 0.261 e. The summed E-state index contributed by atoms with van der Waals surface area (Å²) >= 11 is 0. The molecule has 0 fully saturated rings. The average Bonchev–Trinajstić information content (AvgIpc) is 2.95. The van der Waals surface area contributed by atoms with E-state index in [0.29, 0.717) is 34.9 Å². The van der Waals surface area contributed by atoms with E-state index in [1.54, 1.807) is 19.1 Å². The number of nitrogens with zero attached hydrogens (tertiary/aromatic N) is 2. The topological polar surface area (TPSA) is 92.5 Å². The van der Waals surface area contributed by atoms with Gasteiger partial charge in [-0.3, -0.25) is 9.10 Å². The lowest BCUT2D eigenvalue weighted by Gasteiger charge is -2.29. The molecule has 0 aliphatic carbocycles. The van der Waals surface area contributed by atoms with Crippen molar-refractivity contribution in [2.45, 2.75) is 46.0 Å². The van der Waals surface area contributed by atoms with Crippen molar-refractivity contribution in [2.75, 3.05) is 22.4 Å². The summed E-state index contributed by atoms with van der Waals surface area (Å²) < 4.78 is 30.6. The van der Waals surface area contributed by atoms with Gasteiger partial charge < -0.3 is 9.84 Å². The third kappa shape index (κ3) is 3.85. The van der Waals surface area contributed by atoms with Crippen molar-refractivity contribution in [3.8, 4) is 0 Å². The van der Waals surface area contributed by atoms with Gasteiger partial charge in [-0.15, -0.1) is 0 Å². The number of aryl methyl sites for hydroxylation is 2. The molecule has 0 saturated heterocycles. The summed E-state index contributed by atoms with van der Waals surface area (Å²) in [4.78, 5) is 12.8. The number of aromatic nitrogens is 1. The fourth-order valence-corrected chi connectivity index (χ4v) is 4.33. The summed E-state index contributed by atoms with van der Waals surface area (Å²) in [5.41, 5.74) is 2.93. The first kappa shape index (κ1) is 19.4.